The normalized spacial score (nSPS) is 11.2. The van der Waals surface area contributed by atoms with E-state index in [9.17, 15) is 9.18 Å². The van der Waals surface area contributed by atoms with E-state index in [0.717, 1.165) is 5.56 Å². The maximum Gasteiger partial charge on any atom is 0.270 e. The molecule has 1 N–H and O–H groups in total. The summed E-state index contributed by atoms with van der Waals surface area (Å²) >= 11 is 5.97. The van der Waals surface area contributed by atoms with Gasteiger partial charge in [-0.2, -0.15) is 5.10 Å². The number of carbonyl (C=O) groups is 1. The van der Waals surface area contributed by atoms with Crippen LogP contribution in [0.2, 0.25) is 5.02 Å². The van der Waals surface area contributed by atoms with Crippen molar-refractivity contribution in [2.45, 2.75) is 19.9 Å². The van der Waals surface area contributed by atoms with Gasteiger partial charge in [-0.25, -0.2) is 13.9 Å². The highest BCUT2D eigenvalue weighted by Crippen LogP contribution is 2.26. The Morgan fingerprint density at radius 3 is 2.48 bits per heavy atom. The zero-order valence-electron chi connectivity index (χ0n) is 15.9. The topological polar surface area (TPSA) is 59.3 Å². The van der Waals surface area contributed by atoms with Crippen LogP contribution in [0.1, 0.15) is 24.3 Å². The Hall–Kier alpha value is -3.25. The van der Waals surface area contributed by atoms with Gasteiger partial charge in [-0.3, -0.25) is 4.79 Å². The number of nitrogens with one attached hydrogen (secondary N) is 1. The average Bonchev–Trinajstić information content (AvgIpc) is 3.11. The second-order valence-electron chi connectivity index (χ2n) is 6.94. The summed E-state index contributed by atoms with van der Waals surface area (Å²) in [6, 6.07) is 16.8. The van der Waals surface area contributed by atoms with Crippen molar-refractivity contribution in [1.29, 1.82) is 0 Å². The molecule has 0 atom stereocenters. The van der Waals surface area contributed by atoms with E-state index in [4.69, 9.17) is 11.6 Å². The molecule has 0 saturated carbocycles. The van der Waals surface area contributed by atoms with E-state index in [-0.39, 0.29) is 17.6 Å². The lowest BCUT2D eigenvalue weighted by molar-refractivity contribution is 0.0935. The summed E-state index contributed by atoms with van der Waals surface area (Å²) in [4.78, 5) is 17.4. The van der Waals surface area contributed by atoms with Crippen molar-refractivity contribution in [3.63, 3.8) is 0 Å². The first-order valence-corrected chi connectivity index (χ1v) is 9.52. The highest BCUT2D eigenvalue weighted by molar-refractivity contribution is 6.30. The minimum Gasteiger partial charge on any atom is -0.349 e. The Labute approximate surface area is 172 Å². The molecular formula is C22H18ClFN4O. The van der Waals surface area contributed by atoms with Gasteiger partial charge >= 0.3 is 0 Å². The van der Waals surface area contributed by atoms with Gasteiger partial charge in [-0.1, -0.05) is 35.9 Å². The van der Waals surface area contributed by atoms with Crippen molar-refractivity contribution >= 4 is 23.2 Å². The highest BCUT2D eigenvalue weighted by Gasteiger charge is 2.18. The first-order valence-electron chi connectivity index (χ1n) is 9.15. The molecule has 0 aliphatic carbocycles. The van der Waals surface area contributed by atoms with Gasteiger partial charge in [0, 0.05) is 28.3 Å². The second kappa shape index (κ2) is 7.64. The predicted molar refractivity (Wildman–Crippen MR) is 111 cm³/mol. The minimum atomic E-state index is -0.406. The molecule has 0 radical (unpaired) electrons. The summed E-state index contributed by atoms with van der Waals surface area (Å²) in [5.41, 5.74) is 2.89. The first-order chi connectivity index (χ1) is 13.9. The zero-order valence-corrected chi connectivity index (χ0v) is 16.6. The average molecular weight is 409 g/mol. The quantitative estimate of drug-likeness (QED) is 0.517. The van der Waals surface area contributed by atoms with Crippen LogP contribution in [-0.4, -0.2) is 26.5 Å². The predicted octanol–water partition coefficient (Wildman–Crippen LogP) is 4.99. The van der Waals surface area contributed by atoms with Gasteiger partial charge in [-0.05, 0) is 44.2 Å². The molecule has 29 heavy (non-hydrogen) atoms. The summed E-state index contributed by atoms with van der Waals surface area (Å²) in [5, 5.41) is 8.04. The van der Waals surface area contributed by atoms with E-state index < -0.39 is 5.82 Å². The van der Waals surface area contributed by atoms with E-state index in [1.807, 2.05) is 26.0 Å². The van der Waals surface area contributed by atoms with Crippen molar-refractivity contribution in [2.75, 3.05) is 0 Å². The van der Waals surface area contributed by atoms with Gasteiger partial charge in [0.25, 0.3) is 5.91 Å². The molecule has 0 aliphatic rings. The third-order valence-electron chi connectivity index (χ3n) is 4.37. The lowest BCUT2D eigenvalue weighted by Gasteiger charge is -2.11. The van der Waals surface area contributed by atoms with Crippen molar-refractivity contribution in [1.82, 2.24) is 19.9 Å². The Kier molecular flexibility index (Phi) is 5.03. The molecule has 1 amide bonds. The van der Waals surface area contributed by atoms with Crippen LogP contribution in [0, 0.1) is 5.82 Å². The molecule has 146 valence electrons. The van der Waals surface area contributed by atoms with E-state index in [0.29, 0.717) is 27.6 Å². The van der Waals surface area contributed by atoms with Gasteiger partial charge in [-0.15, -0.1) is 0 Å². The van der Waals surface area contributed by atoms with Gasteiger partial charge in [0.15, 0.2) is 5.65 Å². The van der Waals surface area contributed by atoms with Crippen molar-refractivity contribution in [3.05, 3.63) is 77.2 Å². The molecule has 0 aliphatic heterocycles. The molecule has 5 nitrogen and oxygen atoms in total. The van der Waals surface area contributed by atoms with Crippen LogP contribution >= 0.6 is 11.6 Å². The van der Waals surface area contributed by atoms with E-state index >= 15 is 0 Å². The Bertz CT molecular complexity index is 1200. The number of rotatable bonds is 4. The Balaban J connectivity index is 1.92. The molecule has 0 bridgehead atoms. The molecule has 4 rings (SSSR count). The number of hydrogen-bond donors (Lipinski definition) is 1. The Morgan fingerprint density at radius 2 is 1.79 bits per heavy atom. The second-order valence-corrected chi connectivity index (χ2v) is 7.38. The van der Waals surface area contributed by atoms with Crippen molar-refractivity contribution < 1.29 is 9.18 Å². The van der Waals surface area contributed by atoms with E-state index in [1.54, 1.807) is 42.5 Å². The zero-order chi connectivity index (χ0) is 20.5. The van der Waals surface area contributed by atoms with Crippen LogP contribution < -0.4 is 5.32 Å². The summed E-state index contributed by atoms with van der Waals surface area (Å²) in [6.45, 7) is 3.74. The number of fused-ring (bicyclic) bond motifs is 1. The van der Waals surface area contributed by atoms with Crippen LogP contribution in [0.3, 0.4) is 0 Å². The van der Waals surface area contributed by atoms with Gasteiger partial charge in [0.2, 0.25) is 0 Å². The van der Waals surface area contributed by atoms with Crippen molar-refractivity contribution in [2.24, 2.45) is 0 Å². The highest BCUT2D eigenvalue weighted by atomic mass is 35.5. The van der Waals surface area contributed by atoms with E-state index in [2.05, 4.69) is 15.4 Å². The lowest BCUT2D eigenvalue weighted by atomic mass is 10.1. The van der Waals surface area contributed by atoms with Crippen LogP contribution in [0.25, 0.3) is 28.2 Å². The fourth-order valence-electron chi connectivity index (χ4n) is 3.04. The summed E-state index contributed by atoms with van der Waals surface area (Å²) in [7, 11) is 0. The van der Waals surface area contributed by atoms with Gasteiger partial charge < -0.3 is 5.32 Å². The largest absolute Gasteiger partial charge is 0.349 e. The van der Waals surface area contributed by atoms with Crippen LogP contribution in [-0.2, 0) is 0 Å². The number of aromatic nitrogens is 3. The molecule has 4 aromatic rings. The number of amides is 1. The number of hydrogen-bond acceptors (Lipinski definition) is 3. The SMILES string of the molecule is CC(C)NC(=O)c1cc(-c2ccccc2F)nc2cc(-c3ccc(Cl)cc3)nn12. The maximum absolute atomic E-state index is 14.4. The third-order valence-corrected chi connectivity index (χ3v) is 4.62. The molecule has 0 saturated heterocycles. The molecular weight excluding hydrogens is 391 g/mol. The monoisotopic (exact) mass is 408 g/mol. The fourth-order valence-corrected chi connectivity index (χ4v) is 3.17. The Morgan fingerprint density at radius 1 is 1.07 bits per heavy atom. The molecule has 2 aromatic heterocycles. The summed E-state index contributed by atoms with van der Waals surface area (Å²) < 4.78 is 15.8. The van der Waals surface area contributed by atoms with Crippen LogP contribution in [0.15, 0.2) is 60.7 Å². The molecule has 0 fully saturated rings. The molecule has 2 heterocycles. The van der Waals surface area contributed by atoms with Crippen LogP contribution in [0.4, 0.5) is 4.39 Å². The summed E-state index contributed by atoms with van der Waals surface area (Å²) in [5.74, 6) is -0.715. The van der Waals surface area contributed by atoms with E-state index in [1.165, 1.54) is 10.6 Å². The van der Waals surface area contributed by atoms with Gasteiger partial charge in [0.05, 0.1) is 11.4 Å². The van der Waals surface area contributed by atoms with Gasteiger partial charge in [0.1, 0.15) is 11.5 Å². The smallest absolute Gasteiger partial charge is 0.270 e. The summed E-state index contributed by atoms with van der Waals surface area (Å²) in [6.07, 6.45) is 0. The fraction of sp³-hybridized carbons (Fsp3) is 0.136. The third kappa shape index (κ3) is 3.84. The van der Waals surface area contributed by atoms with Crippen LogP contribution in [0.5, 0.6) is 0 Å². The molecule has 2 aromatic carbocycles. The first kappa shape index (κ1) is 19.1. The molecule has 0 spiro atoms. The minimum absolute atomic E-state index is 0.0612. The number of halogens is 2. The number of nitrogens with zero attached hydrogens (tertiary/aromatic N) is 3. The molecule has 7 heteroatoms. The maximum atomic E-state index is 14.4. The number of carbonyl (C=O) groups excluding carboxylic acids is 1. The standard InChI is InChI=1S/C22H18ClFN4O/c1-13(2)25-22(29)20-11-19(16-5-3-4-6-17(16)24)26-21-12-18(27-28(20)21)14-7-9-15(23)10-8-14/h3-13H,1-2H3,(H,25,29). The molecule has 0 unspecified atom stereocenters. The lowest BCUT2D eigenvalue weighted by Crippen LogP contribution is -2.31. The van der Waals surface area contributed by atoms with Crippen molar-refractivity contribution in [3.8, 4) is 22.5 Å². The number of benzene rings is 2.